The molecular formula is C21H20N2O3S. The maximum Gasteiger partial charge on any atom is 0.161 e. The Morgan fingerprint density at radius 1 is 1.22 bits per heavy atom. The third-order valence-electron chi connectivity index (χ3n) is 4.46. The van der Waals surface area contributed by atoms with E-state index in [0.717, 1.165) is 39.1 Å². The average Bonchev–Trinajstić information content (AvgIpc) is 3.29. The lowest BCUT2D eigenvalue weighted by Gasteiger charge is -2.18. The van der Waals surface area contributed by atoms with Crippen LogP contribution in [-0.2, 0) is 0 Å². The van der Waals surface area contributed by atoms with Crippen LogP contribution >= 0.6 is 11.3 Å². The minimum atomic E-state index is -0.136. The van der Waals surface area contributed by atoms with Gasteiger partial charge in [0.05, 0.1) is 29.0 Å². The van der Waals surface area contributed by atoms with Gasteiger partial charge in [-0.05, 0) is 36.8 Å². The summed E-state index contributed by atoms with van der Waals surface area (Å²) in [6, 6.07) is 10.2. The number of benzene rings is 1. The number of aromatic nitrogens is 2. The summed E-state index contributed by atoms with van der Waals surface area (Å²) >= 11 is 1.57. The van der Waals surface area contributed by atoms with Gasteiger partial charge in [-0.15, -0.1) is 11.3 Å². The monoisotopic (exact) mass is 380 g/mol. The van der Waals surface area contributed by atoms with Crippen LogP contribution in [0.4, 0.5) is 0 Å². The van der Waals surface area contributed by atoms with E-state index in [-0.39, 0.29) is 12.6 Å². The third-order valence-corrected chi connectivity index (χ3v) is 5.45. The SMILES string of the molecule is CC(c1ccc2c(c1)OCCCO2)n1ccnc1-c1ccc(C#CCO)s1. The Morgan fingerprint density at radius 3 is 2.93 bits per heavy atom. The second-order valence-corrected chi connectivity index (χ2v) is 7.30. The Hall–Kier alpha value is -2.75. The molecule has 3 heterocycles. The van der Waals surface area contributed by atoms with Crippen molar-refractivity contribution < 1.29 is 14.6 Å². The van der Waals surface area contributed by atoms with E-state index in [4.69, 9.17) is 14.6 Å². The lowest BCUT2D eigenvalue weighted by atomic mass is 10.1. The van der Waals surface area contributed by atoms with Crippen molar-refractivity contribution in [2.75, 3.05) is 19.8 Å². The van der Waals surface area contributed by atoms with Crippen LogP contribution in [0.1, 0.15) is 29.8 Å². The smallest absolute Gasteiger partial charge is 0.161 e. The second-order valence-electron chi connectivity index (χ2n) is 6.21. The molecule has 1 aliphatic heterocycles. The summed E-state index contributed by atoms with van der Waals surface area (Å²) in [5, 5.41) is 8.86. The fourth-order valence-electron chi connectivity index (χ4n) is 3.07. The van der Waals surface area contributed by atoms with Gasteiger partial charge in [-0.25, -0.2) is 4.98 Å². The quantitative estimate of drug-likeness (QED) is 0.704. The Labute approximate surface area is 162 Å². The molecule has 0 fully saturated rings. The van der Waals surface area contributed by atoms with Crippen LogP contribution in [0.2, 0.25) is 0 Å². The van der Waals surface area contributed by atoms with Gasteiger partial charge in [0, 0.05) is 18.8 Å². The van der Waals surface area contributed by atoms with Crippen LogP contribution in [0.25, 0.3) is 10.7 Å². The fourth-order valence-corrected chi connectivity index (χ4v) is 3.95. The van der Waals surface area contributed by atoms with E-state index in [9.17, 15) is 0 Å². The number of rotatable bonds is 3. The minimum absolute atomic E-state index is 0.0914. The van der Waals surface area contributed by atoms with Crippen molar-refractivity contribution in [3.63, 3.8) is 0 Å². The predicted octanol–water partition coefficient (Wildman–Crippen LogP) is 3.73. The predicted molar refractivity (Wildman–Crippen MR) is 105 cm³/mol. The molecule has 0 saturated carbocycles. The summed E-state index contributed by atoms with van der Waals surface area (Å²) in [7, 11) is 0. The van der Waals surface area contributed by atoms with E-state index in [1.807, 2.05) is 30.6 Å². The van der Waals surface area contributed by atoms with E-state index in [1.54, 1.807) is 11.3 Å². The minimum Gasteiger partial charge on any atom is -0.490 e. The van der Waals surface area contributed by atoms with Crippen molar-refractivity contribution in [3.8, 4) is 34.0 Å². The van der Waals surface area contributed by atoms with Gasteiger partial charge in [0.2, 0.25) is 0 Å². The number of fused-ring (bicyclic) bond motifs is 1. The van der Waals surface area contributed by atoms with Crippen molar-refractivity contribution in [2.45, 2.75) is 19.4 Å². The van der Waals surface area contributed by atoms with Crippen molar-refractivity contribution >= 4 is 11.3 Å². The highest BCUT2D eigenvalue weighted by Crippen LogP contribution is 2.35. The molecule has 0 bridgehead atoms. The second kappa shape index (κ2) is 7.87. The number of nitrogens with zero attached hydrogens (tertiary/aromatic N) is 2. The molecule has 0 radical (unpaired) electrons. The molecule has 6 heteroatoms. The third kappa shape index (κ3) is 3.70. The number of aliphatic hydroxyl groups excluding tert-OH is 1. The van der Waals surface area contributed by atoms with E-state index in [2.05, 4.69) is 40.4 Å². The number of imidazole rings is 1. The van der Waals surface area contributed by atoms with E-state index in [1.165, 1.54) is 0 Å². The maximum absolute atomic E-state index is 8.86. The van der Waals surface area contributed by atoms with E-state index < -0.39 is 0 Å². The Balaban J connectivity index is 1.64. The Kier molecular flexibility index (Phi) is 5.14. The highest BCUT2D eigenvalue weighted by molar-refractivity contribution is 7.15. The van der Waals surface area contributed by atoms with Gasteiger partial charge < -0.3 is 19.1 Å². The Morgan fingerprint density at radius 2 is 2.07 bits per heavy atom. The zero-order chi connectivity index (χ0) is 18.6. The van der Waals surface area contributed by atoms with Crippen molar-refractivity contribution in [1.82, 2.24) is 9.55 Å². The molecule has 0 saturated heterocycles. The van der Waals surface area contributed by atoms with Gasteiger partial charge in [-0.3, -0.25) is 0 Å². The maximum atomic E-state index is 8.86. The highest BCUT2D eigenvalue weighted by atomic mass is 32.1. The summed E-state index contributed by atoms with van der Waals surface area (Å²) in [6.45, 7) is 3.37. The lowest BCUT2D eigenvalue weighted by molar-refractivity contribution is 0.297. The van der Waals surface area contributed by atoms with Crippen molar-refractivity contribution in [1.29, 1.82) is 0 Å². The number of hydrogen-bond acceptors (Lipinski definition) is 5. The summed E-state index contributed by atoms with van der Waals surface area (Å²) in [6.07, 6.45) is 4.70. The van der Waals surface area contributed by atoms with Crippen LogP contribution < -0.4 is 9.47 Å². The molecule has 0 spiro atoms. The first-order valence-electron chi connectivity index (χ1n) is 8.88. The molecule has 1 atom stereocenters. The molecule has 2 aromatic heterocycles. The first-order valence-corrected chi connectivity index (χ1v) is 9.70. The largest absolute Gasteiger partial charge is 0.490 e. The summed E-state index contributed by atoms with van der Waals surface area (Å²) in [5.74, 6) is 8.14. The van der Waals surface area contributed by atoms with Crippen LogP contribution in [0.15, 0.2) is 42.7 Å². The Bertz CT molecular complexity index is 996. The molecule has 27 heavy (non-hydrogen) atoms. The van der Waals surface area contributed by atoms with Gasteiger partial charge in [0.1, 0.15) is 6.61 Å². The first kappa shape index (κ1) is 17.7. The molecule has 4 rings (SSSR count). The number of thiophene rings is 1. The number of ether oxygens (including phenoxy) is 2. The molecule has 1 N–H and O–H groups in total. The summed E-state index contributed by atoms with van der Waals surface area (Å²) in [5.41, 5.74) is 1.13. The molecular weight excluding hydrogens is 360 g/mol. The van der Waals surface area contributed by atoms with Gasteiger partial charge >= 0.3 is 0 Å². The zero-order valence-corrected chi connectivity index (χ0v) is 15.8. The summed E-state index contributed by atoms with van der Waals surface area (Å²) < 4.78 is 13.7. The molecule has 0 aliphatic carbocycles. The number of hydrogen-bond donors (Lipinski definition) is 1. The average molecular weight is 380 g/mol. The molecule has 1 aromatic carbocycles. The topological polar surface area (TPSA) is 56.5 Å². The molecule has 138 valence electrons. The van der Waals surface area contributed by atoms with Gasteiger partial charge in [0.25, 0.3) is 0 Å². The van der Waals surface area contributed by atoms with Gasteiger partial charge in [0.15, 0.2) is 17.3 Å². The molecule has 3 aromatic rings. The molecule has 1 unspecified atom stereocenters. The van der Waals surface area contributed by atoms with Crippen molar-refractivity contribution in [3.05, 3.63) is 53.2 Å². The standard InChI is InChI=1S/C21H20N2O3S/c1-15(16-5-7-18-19(14-16)26-13-3-12-25-18)23-10-9-22-21(23)20-8-6-17(27-20)4-2-11-24/h5-10,14-15,24H,3,11-13H2,1H3. The number of aliphatic hydroxyl groups is 1. The lowest BCUT2D eigenvalue weighted by Crippen LogP contribution is -2.07. The van der Waals surface area contributed by atoms with Gasteiger partial charge in [-0.1, -0.05) is 17.9 Å². The van der Waals surface area contributed by atoms with Crippen LogP contribution in [0.5, 0.6) is 11.5 Å². The van der Waals surface area contributed by atoms with E-state index in [0.29, 0.717) is 13.2 Å². The normalized spacial score (nSPS) is 14.1. The fraction of sp³-hybridized carbons (Fsp3) is 0.286. The van der Waals surface area contributed by atoms with Crippen molar-refractivity contribution in [2.24, 2.45) is 0 Å². The van der Waals surface area contributed by atoms with E-state index >= 15 is 0 Å². The molecule has 5 nitrogen and oxygen atoms in total. The molecule has 1 aliphatic rings. The van der Waals surface area contributed by atoms with Crippen LogP contribution in [0, 0.1) is 11.8 Å². The highest BCUT2D eigenvalue weighted by Gasteiger charge is 2.18. The summed E-state index contributed by atoms with van der Waals surface area (Å²) in [4.78, 5) is 6.51. The van der Waals surface area contributed by atoms with Crippen LogP contribution in [-0.4, -0.2) is 34.5 Å². The molecule has 0 amide bonds. The first-order chi connectivity index (χ1) is 13.3. The van der Waals surface area contributed by atoms with Gasteiger partial charge in [-0.2, -0.15) is 0 Å². The zero-order valence-electron chi connectivity index (χ0n) is 15.0. The van der Waals surface area contributed by atoms with Crippen LogP contribution in [0.3, 0.4) is 0 Å².